The smallest absolute Gasteiger partial charge is 0.115 e. The second-order valence-electron chi connectivity index (χ2n) is 6.83. The van der Waals surface area contributed by atoms with E-state index < -0.39 is 0 Å². The highest BCUT2D eigenvalue weighted by Crippen LogP contribution is 2.35. The normalized spacial score (nSPS) is 24.9. The Morgan fingerprint density at radius 2 is 2.16 bits per heavy atom. The average molecular weight is 282 g/mol. The summed E-state index contributed by atoms with van der Waals surface area (Å²) in [5.41, 5.74) is 1.21. The Hall–Kier alpha value is -0.450. The predicted octanol–water partition coefficient (Wildman–Crippen LogP) is 3.44. The molecule has 4 heteroatoms. The molecule has 0 aromatic carbocycles. The van der Waals surface area contributed by atoms with Crippen molar-refractivity contribution in [3.05, 3.63) is 16.1 Å². The maximum atomic E-state index is 5.74. The lowest BCUT2D eigenvalue weighted by Crippen LogP contribution is -2.51. The first-order valence-electron chi connectivity index (χ1n) is 7.15. The third-order valence-electron chi connectivity index (χ3n) is 3.49. The van der Waals surface area contributed by atoms with Gasteiger partial charge in [-0.15, -0.1) is 11.3 Å². The summed E-state index contributed by atoms with van der Waals surface area (Å²) >= 11 is 1.77. The van der Waals surface area contributed by atoms with Crippen molar-refractivity contribution in [2.75, 3.05) is 13.2 Å². The minimum atomic E-state index is -0.0828. The van der Waals surface area contributed by atoms with Gasteiger partial charge in [-0.3, -0.25) is 0 Å². The van der Waals surface area contributed by atoms with Gasteiger partial charge in [-0.05, 0) is 26.7 Å². The molecule has 2 heterocycles. The van der Waals surface area contributed by atoms with Crippen LogP contribution >= 0.6 is 11.3 Å². The first-order valence-corrected chi connectivity index (χ1v) is 8.03. The first-order chi connectivity index (χ1) is 8.83. The van der Waals surface area contributed by atoms with E-state index in [1.165, 1.54) is 10.7 Å². The van der Waals surface area contributed by atoms with Crippen LogP contribution in [0.5, 0.6) is 0 Å². The zero-order chi connectivity index (χ0) is 14.1. The molecule has 0 bridgehead atoms. The summed E-state index contributed by atoms with van der Waals surface area (Å²) in [4.78, 5) is 4.91. The van der Waals surface area contributed by atoms with E-state index in [2.05, 4.69) is 45.3 Å². The summed E-state index contributed by atoms with van der Waals surface area (Å²) in [5, 5.41) is 7.09. The number of nitrogens with zero attached hydrogens (tertiary/aromatic N) is 1. The fourth-order valence-corrected chi connectivity index (χ4v) is 3.76. The maximum Gasteiger partial charge on any atom is 0.115 e. The lowest BCUT2D eigenvalue weighted by atomic mass is 9.91. The molecule has 0 radical (unpaired) electrons. The monoisotopic (exact) mass is 282 g/mol. The standard InChI is InChI=1S/C15H26N2OS/c1-11(2)17-15(7-6-8-18-10-15)13-16-12(9-19-13)14(3,4)5/h9,11,17H,6-8,10H2,1-5H3. The van der Waals surface area contributed by atoms with Crippen LogP contribution in [0.15, 0.2) is 5.38 Å². The molecule has 1 aliphatic heterocycles. The zero-order valence-corrected chi connectivity index (χ0v) is 13.6. The molecule has 19 heavy (non-hydrogen) atoms. The van der Waals surface area contributed by atoms with Gasteiger partial charge < -0.3 is 10.1 Å². The molecule has 1 atom stereocenters. The Morgan fingerprint density at radius 3 is 2.63 bits per heavy atom. The van der Waals surface area contributed by atoms with Crippen molar-refractivity contribution in [2.24, 2.45) is 0 Å². The van der Waals surface area contributed by atoms with Gasteiger partial charge in [0, 0.05) is 23.4 Å². The lowest BCUT2D eigenvalue weighted by Gasteiger charge is -2.38. The predicted molar refractivity (Wildman–Crippen MR) is 80.8 cm³/mol. The Kier molecular flexibility index (Phi) is 4.33. The molecule has 1 unspecified atom stereocenters. The molecule has 1 aromatic rings. The van der Waals surface area contributed by atoms with Crippen LogP contribution in [-0.4, -0.2) is 24.2 Å². The number of rotatable bonds is 3. The Bertz CT molecular complexity index is 414. The van der Waals surface area contributed by atoms with Crippen molar-refractivity contribution >= 4 is 11.3 Å². The van der Waals surface area contributed by atoms with E-state index in [-0.39, 0.29) is 11.0 Å². The number of aromatic nitrogens is 1. The van der Waals surface area contributed by atoms with Crippen molar-refractivity contribution in [1.29, 1.82) is 0 Å². The molecular formula is C15H26N2OS. The zero-order valence-electron chi connectivity index (χ0n) is 12.7. The summed E-state index contributed by atoms with van der Waals surface area (Å²) in [7, 11) is 0. The van der Waals surface area contributed by atoms with E-state index in [4.69, 9.17) is 9.72 Å². The Labute approximate surface area is 120 Å². The van der Waals surface area contributed by atoms with Crippen LogP contribution in [-0.2, 0) is 15.7 Å². The minimum Gasteiger partial charge on any atom is -0.379 e. The molecule has 0 saturated carbocycles. The van der Waals surface area contributed by atoms with Crippen LogP contribution in [0.2, 0.25) is 0 Å². The largest absolute Gasteiger partial charge is 0.379 e. The van der Waals surface area contributed by atoms with Crippen LogP contribution in [0.25, 0.3) is 0 Å². The highest BCUT2D eigenvalue weighted by molar-refractivity contribution is 7.09. The number of thiazole rings is 1. The van der Waals surface area contributed by atoms with E-state index >= 15 is 0 Å². The molecular weight excluding hydrogens is 256 g/mol. The highest BCUT2D eigenvalue weighted by atomic mass is 32.1. The molecule has 1 aliphatic rings. The van der Waals surface area contributed by atoms with Crippen LogP contribution in [0.4, 0.5) is 0 Å². The first kappa shape index (κ1) is 14.9. The van der Waals surface area contributed by atoms with Crippen molar-refractivity contribution in [3.63, 3.8) is 0 Å². The van der Waals surface area contributed by atoms with E-state index in [9.17, 15) is 0 Å². The molecule has 1 aromatic heterocycles. The number of nitrogens with one attached hydrogen (secondary N) is 1. The van der Waals surface area contributed by atoms with E-state index in [1.54, 1.807) is 11.3 Å². The van der Waals surface area contributed by atoms with E-state index in [0.717, 1.165) is 26.1 Å². The van der Waals surface area contributed by atoms with Gasteiger partial charge in [0.05, 0.1) is 17.8 Å². The van der Waals surface area contributed by atoms with Crippen molar-refractivity contribution in [1.82, 2.24) is 10.3 Å². The second kappa shape index (κ2) is 5.51. The van der Waals surface area contributed by atoms with E-state index in [0.29, 0.717) is 6.04 Å². The fourth-order valence-electron chi connectivity index (χ4n) is 2.53. The van der Waals surface area contributed by atoms with Gasteiger partial charge >= 0.3 is 0 Å². The molecule has 3 nitrogen and oxygen atoms in total. The Balaban J connectivity index is 2.30. The molecule has 0 spiro atoms. The summed E-state index contributed by atoms with van der Waals surface area (Å²) in [6.45, 7) is 12.6. The fraction of sp³-hybridized carbons (Fsp3) is 0.800. The number of hydrogen-bond acceptors (Lipinski definition) is 4. The molecule has 108 valence electrons. The van der Waals surface area contributed by atoms with Crippen molar-refractivity contribution in [2.45, 2.75) is 64.5 Å². The maximum absolute atomic E-state index is 5.74. The molecule has 0 amide bonds. The van der Waals surface area contributed by atoms with Crippen LogP contribution in [0.3, 0.4) is 0 Å². The number of ether oxygens (including phenoxy) is 1. The van der Waals surface area contributed by atoms with Gasteiger partial charge in [-0.1, -0.05) is 20.8 Å². The molecule has 1 N–H and O–H groups in total. The summed E-state index contributed by atoms with van der Waals surface area (Å²) in [6.07, 6.45) is 2.21. The van der Waals surface area contributed by atoms with Crippen LogP contribution in [0.1, 0.15) is 58.2 Å². The van der Waals surface area contributed by atoms with Gasteiger partial charge in [-0.2, -0.15) is 0 Å². The SMILES string of the molecule is CC(C)NC1(c2nc(C(C)(C)C)cs2)CCCOC1. The third-order valence-corrected chi connectivity index (χ3v) is 4.53. The molecule has 2 rings (SSSR count). The topological polar surface area (TPSA) is 34.2 Å². The molecule has 1 saturated heterocycles. The minimum absolute atomic E-state index is 0.0828. The third kappa shape index (κ3) is 3.36. The van der Waals surface area contributed by atoms with E-state index in [1.807, 2.05) is 0 Å². The molecule has 1 fully saturated rings. The van der Waals surface area contributed by atoms with Gasteiger partial charge in [0.15, 0.2) is 0 Å². The van der Waals surface area contributed by atoms with Crippen molar-refractivity contribution in [3.8, 4) is 0 Å². The average Bonchev–Trinajstić information content (AvgIpc) is 2.78. The van der Waals surface area contributed by atoms with Crippen LogP contribution in [0, 0.1) is 0 Å². The van der Waals surface area contributed by atoms with Crippen LogP contribution < -0.4 is 5.32 Å². The van der Waals surface area contributed by atoms with Gasteiger partial charge in [0.2, 0.25) is 0 Å². The lowest BCUT2D eigenvalue weighted by molar-refractivity contribution is 0.0140. The number of hydrogen-bond donors (Lipinski definition) is 1. The van der Waals surface area contributed by atoms with Crippen molar-refractivity contribution < 1.29 is 4.74 Å². The Morgan fingerprint density at radius 1 is 1.42 bits per heavy atom. The van der Waals surface area contributed by atoms with Gasteiger partial charge in [0.1, 0.15) is 5.01 Å². The summed E-state index contributed by atoms with van der Waals surface area (Å²) in [5.74, 6) is 0. The molecule has 0 aliphatic carbocycles. The van der Waals surface area contributed by atoms with Gasteiger partial charge in [0.25, 0.3) is 0 Å². The highest BCUT2D eigenvalue weighted by Gasteiger charge is 2.38. The summed E-state index contributed by atoms with van der Waals surface area (Å²) < 4.78 is 5.74. The second-order valence-corrected chi connectivity index (χ2v) is 7.68. The van der Waals surface area contributed by atoms with Gasteiger partial charge in [-0.25, -0.2) is 4.98 Å². The quantitative estimate of drug-likeness (QED) is 0.922. The summed E-state index contributed by atoms with van der Waals surface area (Å²) in [6, 6.07) is 0.434.